The van der Waals surface area contributed by atoms with Crippen molar-refractivity contribution in [3.8, 4) is 0 Å². The lowest BCUT2D eigenvalue weighted by atomic mass is 10.1. The van der Waals surface area contributed by atoms with Gasteiger partial charge in [0.05, 0.1) is 25.0 Å². The Hall–Kier alpha value is -1.73. The first kappa shape index (κ1) is 16.1. The molecule has 2 aliphatic heterocycles. The highest BCUT2D eigenvalue weighted by atomic mass is 16.5. The molecular weight excluding hydrogens is 298 g/mol. The van der Waals surface area contributed by atoms with E-state index in [1.165, 1.54) is 7.11 Å². The van der Waals surface area contributed by atoms with Crippen molar-refractivity contribution in [3.05, 3.63) is 17.5 Å². The summed E-state index contributed by atoms with van der Waals surface area (Å²) in [5.41, 5.74) is 1.02. The molecule has 1 aromatic heterocycles. The maximum absolute atomic E-state index is 12.0. The number of esters is 1. The van der Waals surface area contributed by atoms with Crippen molar-refractivity contribution in [2.45, 2.75) is 45.0 Å². The third kappa shape index (κ3) is 3.45. The second-order valence-corrected chi connectivity index (χ2v) is 6.12. The van der Waals surface area contributed by atoms with Gasteiger partial charge in [0, 0.05) is 25.9 Å². The zero-order valence-corrected chi connectivity index (χ0v) is 13.8. The second kappa shape index (κ2) is 6.80. The molecule has 1 aromatic rings. The summed E-state index contributed by atoms with van der Waals surface area (Å²) in [4.78, 5) is 23.1. The third-order valence-corrected chi connectivity index (χ3v) is 4.15. The van der Waals surface area contributed by atoms with Crippen LogP contribution in [0.15, 0.2) is 6.20 Å². The Morgan fingerprint density at radius 3 is 2.70 bits per heavy atom. The van der Waals surface area contributed by atoms with Gasteiger partial charge in [0.1, 0.15) is 11.7 Å². The minimum Gasteiger partial charge on any atom is -0.465 e. The molecule has 3 atom stereocenters. The SMILES string of the molecule is COC(=O)c1cnc(N2C[C@@H](C)O[C@@H](C)C2)nc1C1CCCO1. The molecule has 0 bridgehead atoms. The van der Waals surface area contributed by atoms with Crippen molar-refractivity contribution in [2.24, 2.45) is 0 Å². The van der Waals surface area contributed by atoms with Crippen LogP contribution in [0.25, 0.3) is 0 Å². The molecule has 7 heteroatoms. The molecule has 0 spiro atoms. The van der Waals surface area contributed by atoms with Gasteiger partial charge >= 0.3 is 5.97 Å². The van der Waals surface area contributed by atoms with Crippen LogP contribution >= 0.6 is 0 Å². The number of nitrogens with zero attached hydrogens (tertiary/aromatic N) is 3. The molecule has 0 radical (unpaired) electrons. The number of morpholine rings is 1. The molecule has 0 amide bonds. The van der Waals surface area contributed by atoms with Gasteiger partial charge in [0.2, 0.25) is 5.95 Å². The van der Waals surface area contributed by atoms with Gasteiger partial charge in [-0.2, -0.15) is 0 Å². The number of ether oxygens (including phenoxy) is 3. The van der Waals surface area contributed by atoms with Crippen LogP contribution in [0.4, 0.5) is 5.95 Å². The van der Waals surface area contributed by atoms with Crippen LogP contribution in [0.3, 0.4) is 0 Å². The van der Waals surface area contributed by atoms with E-state index in [2.05, 4.69) is 14.9 Å². The summed E-state index contributed by atoms with van der Waals surface area (Å²) in [6.45, 7) is 6.22. The van der Waals surface area contributed by atoms with Crippen molar-refractivity contribution in [1.82, 2.24) is 9.97 Å². The highest BCUT2D eigenvalue weighted by molar-refractivity contribution is 5.90. The summed E-state index contributed by atoms with van der Waals surface area (Å²) < 4.78 is 16.3. The van der Waals surface area contributed by atoms with Crippen molar-refractivity contribution in [2.75, 3.05) is 31.7 Å². The fourth-order valence-electron chi connectivity index (χ4n) is 3.18. The summed E-state index contributed by atoms with van der Waals surface area (Å²) in [5, 5.41) is 0. The summed E-state index contributed by atoms with van der Waals surface area (Å²) in [6, 6.07) is 0. The zero-order valence-electron chi connectivity index (χ0n) is 13.8. The normalized spacial score (nSPS) is 28.0. The fourth-order valence-corrected chi connectivity index (χ4v) is 3.18. The number of carbonyl (C=O) groups is 1. The average molecular weight is 321 g/mol. The Morgan fingerprint density at radius 2 is 2.09 bits per heavy atom. The second-order valence-electron chi connectivity index (χ2n) is 6.12. The molecule has 0 aliphatic carbocycles. The Labute approximate surface area is 136 Å². The van der Waals surface area contributed by atoms with E-state index in [-0.39, 0.29) is 18.3 Å². The number of carbonyl (C=O) groups excluding carboxylic acids is 1. The first-order valence-corrected chi connectivity index (χ1v) is 8.05. The maximum Gasteiger partial charge on any atom is 0.341 e. The van der Waals surface area contributed by atoms with Gasteiger partial charge in [-0.3, -0.25) is 0 Å². The minimum absolute atomic E-state index is 0.119. The van der Waals surface area contributed by atoms with E-state index < -0.39 is 5.97 Å². The predicted molar refractivity (Wildman–Crippen MR) is 83.5 cm³/mol. The number of rotatable bonds is 3. The van der Waals surface area contributed by atoms with Crippen molar-refractivity contribution in [3.63, 3.8) is 0 Å². The van der Waals surface area contributed by atoms with E-state index in [9.17, 15) is 4.79 Å². The van der Waals surface area contributed by atoms with Crippen LogP contribution < -0.4 is 4.90 Å². The lowest BCUT2D eigenvalue weighted by molar-refractivity contribution is -0.00578. The molecule has 2 fully saturated rings. The predicted octanol–water partition coefficient (Wildman–Crippen LogP) is 1.73. The van der Waals surface area contributed by atoms with Gasteiger partial charge in [-0.25, -0.2) is 14.8 Å². The first-order chi connectivity index (χ1) is 11.1. The molecule has 23 heavy (non-hydrogen) atoms. The largest absolute Gasteiger partial charge is 0.465 e. The molecule has 1 unspecified atom stereocenters. The van der Waals surface area contributed by atoms with Crippen LogP contribution in [-0.4, -0.2) is 55.0 Å². The highest BCUT2D eigenvalue weighted by Crippen LogP contribution is 2.31. The molecule has 3 rings (SSSR count). The first-order valence-electron chi connectivity index (χ1n) is 8.05. The lowest BCUT2D eigenvalue weighted by Gasteiger charge is -2.35. The molecule has 7 nitrogen and oxygen atoms in total. The summed E-state index contributed by atoms with van der Waals surface area (Å²) in [5.74, 6) is 0.191. The van der Waals surface area contributed by atoms with Crippen LogP contribution in [-0.2, 0) is 14.2 Å². The summed E-state index contributed by atoms with van der Waals surface area (Å²) in [6.07, 6.45) is 3.45. The van der Waals surface area contributed by atoms with E-state index in [1.54, 1.807) is 6.20 Å². The molecule has 3 heterocycles. The van der Waals surface area contributed by atoms with E-state index in [0.29, 0.717) is 23.8 Å². The van der Waals surface area contributed by atoms with Crippen LogP contribution in [0.1, 0.15) is 48.8 Å². The van der Waals surface area contributed by atoms with Gasteiger partial charge < -0.3 is 19.1 Å². The minimum atomic E-state index is -0.425. The smallest absolute Gasteiger partial charge is 0.341 e. The Bertz CT molecular complexity index is 564. The van der Waals surface area contributed by atoms with Gasteiger partial charge in [0.25, 0.3) is 0 Å². The highest BCUT2D eigenvalue weighted by Gasteiger charge is 2.29. The van der Waals surface area contributed by atoms with Crippen LogP contribution in [0, 0.1) is 0 Å². The fraction of sp³-hybridized carbons (Fsp3) is 0.688. The lowest BCUT2D eigenvalue weighted by Crippen LogP contribution is -2.46. The van der Waals surface area contributed by atoms with E-state index in [1.807, 2.05) is 13.8 Å². The van der Waals surface area contributed by atoms with Crippen LogP contribution in [0.5, 0.6) is 0 Å². The maximum atomic E-state index is 12.0. The Morgan fingerprint density at radius 1 is 1.35 bits per heavy atom. The molecule has 2 saturated heterocycles. The topological polar surface area (TPSA) is 73.8 Å². The quantitative estimate of drug-likeness (QED) is 0.785. The Kier molecular flexibility index (Phi) is 4.77. The molecule has 0 aromatic carbocycles. The standard InChI is InChI=1S/C16H23N3O4/c1-10-8-19(9-11(2)23-10)16-17-7-12(15(20)21-3)14(18-16)13-5-4-6-22-13/h7,10-11,13H,4-6,8-9H2,1-3H3/t10-,11+,13?. The molecule has 0 saturated carbocycles. The van der Waals surface area contributed by atoms with Gasteiger partial charge in [-0.15, -0.1) is 0 Å². The van der Waals surface area contributed by atoms with Gasteiger partial charge in [-0.1, -0.05) is 0 Å². The summed E-state index contributed by atoms with van der Waals surface area (Å²) >= 11 is 0. The monoisotopic (exact) mass is 321 g/mol. The van der Waals surface area contributed by atoms with Gasteiger partial charge in [-0.05, 0) is 26.7 Å². The Balaban J connectivity index is 1.92. The average Bonchev–Trinajstić information content (AvgIpc) is 3.07. The number of anilines is 1. The third-order valence-electron chi connectivity index (χ3n) is 4.15. The molecular formula is C16H23N3O4. The van der Waals surface area contributed by atoms with Crippen molar-refractivity contribution in [1.29, 1.82) is 0 Å². The summed E-state index contributed by atoms with van der Waals surface area (Å²) in [7, 11) is 1.36. The molecule has 0 N–H and O–H groups in total. The number of aromatic nitrogens is 2. The van der Waals surface area contributed by atoms with Crippen molar-refractivity contribution < 1.29 is 19.0 Å². The zero-order chi connectivity index (χ0) is 16.4. The van der Waals surface area contributed by atoms with Crippen molar-refractivity contribution >= 4 is 11.9 Å². The molecule has 2 aliphatic rings. The molecule has 126 valence electrons. The van der Waals surface area contributed by atoms with E-state index in [0.717, 1.165) is 25.9 Å². The van der Waals surface area contributed by atoms with Gasteiger partial charge in [0.15, 0.2) is 0 Å². The number of hydrogen-bond donors (Lipinski definition) is 0. The van der Waals surface area contributed by atoms with E-state index in [4.69, 9.17) is 14.2 Å². The number of hydrogen-bond acceptors (Lipinski definition) is 7. The van der Waals surface area contributed by atoms with Crippen LogP contribution in [0.2, 0.25) is 0 Å². The number of methoxy groups -OCH3 is 1. The van der Waals surface area contributed by atoms with E-state index >= 15 is 0 Å².